The Hall–Kier alpha value is -2.10. The topological polar surface area (TPSA) is 49.0 Å². The van der Waals surface area contributed by atoms with E-state index in [-0.39, 0.29) is 11.8 Å². The number of hydrogen-bond donors (Lipinski definition) is 1. The predicted octanol–water partition coefficient (Wildman–Crippen LogP) is 2.10. The number of nitrogens with zero attached hydrogens (tertiary/aromatic N) is 2. The third-order valence-electron chi connectivity index (χ3n) is 4.49. The van der Waals surface area contributed by atoms with Crippen LogP contribution in [0.25, 0.3) is 0 Å². The van der Waals surface area contributed by atoms with Gasteiger partial charge in [-0.3, -0.25) is 4.79 Å². The quantitative estimate of drug-likeness (QED) is 0.860. The smallest absolute Gasteiger partial charge is 0.230 e. The molecule has 1 atom stereocenters. The molecule has 0 fully saturated rings. The number of para-hydroxylation sites is 1. The third-order valence-corrected chi connectivity index (χ3v) is 4.49. The monoisotopic (exact) mass is 267 g/mol. The van der Waals surface area contributed by atoms with Crippen molar-refractivity contribution in [2.75, 3.05) is 11.4 Å². The molecule has 2 aromatic rings. The van der Waals surface area contributed by atoms with E-state index < -0.39 is 0 Å². The highest BCUT2D eigenvalue weighted by Gasteiger charge is 2.32. The number of rotatable bonds is 1. The number of fused-ring (bicyclic) bond motifs is 2. The predicted molar refractivity (Wildman–Crippen MR) is 76.6 cm³/mol. The number of carbonyl (C=O) groups is 1. The number of amides is 1. The minimum atomic E-state index is 0.0805. The van der Waals surface area contributed by atoms with Gasteiger partial charge in [0.05, 0.1) is 12.0 Å². The first kappa shape index (κ1) is 11.7. The molecule has 1 aliphatic carbocycles. The van der Waals surface area contributed by atoms with E-state index in [0.717, 1.165) is 43.6 Å². The maximum absolute atomic E-state index is 12.8. The molecule has 20 heavy (non-hydrogen) atoms. The van der Waals surface area contributed by atoms with Crippen molar-refractivity contribution >= 4 is 11.6 Å². The highest BCUT2D eigenvalue weighted by Crippen LogP contribution is 2.31. The molecule has 2 heterocycles. The number of aromatic nitrogens is 2. The van der Waals surface area contributed by atoms with Crippen LogP contribution in [-0.2, 0) is 24.1 Å². The second-order valence-electron chi connectivity index (χ2n) is 5.64. The molecule has 0 saturated carbocycles. The summed E-state index contributed by atoms with van der Waals surface area (Å²) in [5, 5.41) is 0. The largest absolute Gasteiger partial charge is 0.348 e. The zero-order valence-electron chi connectivity index (χ0n) is 11.3. The third kappa shape index (κ3) is 1.75. The van der Waals surface area contributed by atoms with Crippen molar-refractivity contribution in [1.82, 2.24) is 9.97 Å². The maximum Gasteiger partial charge on any atom is 0.230 e. The molecule has 4 nitrogen and oxygen atoms in total. The first-order chi connectivity index (χ1) is 9.83. The van der Waals surface area contributed by atoms with Crippen molar-refractivity contribution in [3.05, 3.63) is 47.5 Å². The molecule has 1 aromatic heterocycles. The molecule has 2 aliphatic rings. The van der Waals surface area contributed by atoms with E-state index in [1.54, 1.807) is 6.33 Å². The normalized spacial score (nSPS) is 20.6. The lowest BCUT2D eigenvalue weighted by molar-refractivity contribution is -0.122. The van der Waals surface area contributed by atoms with Gasteiger partial charge >= 0.3 is 0 Å². The van der Waals surface area contributed by atoms with E-state index in [4.69, 9.17) is 0 Å². The SMILES string of the molecule is O=C([C@@H]1CCc2[nH]cnc2C1)N1CCc2ccccc21. The highest BCUT2D eigenvalue weighted by atomic mass is 16.2. The Morgan fingerprint density at radius 1 is 1.30 bits per heavy atom. The van der Waals surface area contributed by atoms with Gasteiger partial charge in [0.15, 0.2) is 0 Å². The van der Waals surface area contributed by atoms with Crippen LogP contribution in [0.1, 0.15) is 23.4 Å². The van der Waals surface area contributed by atoms with Gasteiger partial charge in [-0.2, -0.15) is 0 Å². The van der Waals surface area contributed by atoms with Crippen molar-refractivity contribution in [1.29, 1.82) is 0 Å². The zero-order chi connectivity index (χ0) is 13.5. The lowest BCUT2D eigenvalue weighted by atomic mass is 9.88. The van der Waals surface area contributed by atoms with Crippen molar-refractivity contribution in [2.45, 2.75) is 25.7 Å². The van der Waals surface area contributed by atoms with Crippen LogP contribution < -0.4 is 4.90 Å². The number of benzene rings is 1. The van der Waals surface area contributed by atoms with Gasteiger partial charge in [-0.25, -0.2) is 4.98 Å². The van der Waals surface area contributed by atoms with Crippen LogP contribution >= 0.6 is 0 Å². The van der Waals surface area contributed by atoms with Crippen LogP contribution in [0.15, 0.2) is 30.6 Å². The van der Waals surface area contributed by atoms with Gasteiger partial charge in [0.25, 0.3) is 0 Å². The first-order valence-electron chi connectivity index (χ1n) is 7.23. The van der Waals surface area contributed by atoms with Crippen LogP contribution in [0.3, 0.4) is 0 Å². The van der Waals surface area contributed by atoms with E-state index in [0.29, 0.717) is 0 Å². The molecule has 4 rings (SSSR count). The number of hydrogen-bond acceptors (Lipinski definition) is 2. The lowest BCUT2D eigenvalue weighted by Crippen LogP contribution is -2.37. The van der Waals surface area contributed by atoms with Crippen molar-refractivity contribution < 1.29 is 4.79 Å². The molecule has 1 N–H and O–H groups in total. The van der Waals surface area contributed by atoms with Crippen LogP contribution in [-0.4, -0.2) is 22.4 Å². The summed E-state index contributed by atoms with van der Waals surface area (Å²) in [4.78, 5) is 22.3. The lowest BCUT2D eigenvalue weighted by Gasteiger charge is -2.26. The fourth-order valence-electron chi connectivity index (χ4n) is 3.39. The minimum Gasteiger partial charge on any atom is -0.348 e. The Bertz CT molecular complexity index is 661. The number of nitrogens with one attached hydrogen (secondary N) is 1. The van der Waals surface area contributed by atoms with Crippen LogP contribution in [0.5, 0.6) is 0 Å². The molecular formula is C16H17N3O. The van der Waals surface area contributed by atoms with Gasteiger partial charge in [-0.05, 0) is 30.9 Å². The molecule has 0 bridgehead atoms. The molecule has 0 saturated heterocycles. The summed E-state index contributed by atoms with van der Waals surface area (Å²) in [6.07, 6.45) is 5.34. The fourth-order valence-corrected chi connectivity index (χ4v) is 3.39. The number of aryl methyl sites for hydroxylation is 1. The Morgan fingerprint density at radius 2 is 2.20 bits per heavy atom. The summed E-state index contributed by atoms with van der Waals surface area (Å²) < 4.78 is 0. The molecule has 0 radical (unpaired) electrons. The number of imidazole rings is 1. The average molecular weight is 267 g/mol. The van der Waals surface area contributed by atoms with Crippen LogP contribution in [0, 0.1) is 5.92 Å². The zero-order valence-corrected chi connectivity index (χ0v) is 11.3. The van der Waals surface area contributed by atoms with E-state index in [1.165, 1.54) is 11.3 Å². The molecule has 0 spiro atoms. The summed E-state index contributed by atoms with van der Waals surface area (Å²) in [5.41, 5.74) is 4.67. The molecule has 102 valence electrons. The number of carbonyl (C=O) groups excluding carboxylic acids is 1. The summed E-state index contributed by atoms with van der Waals surface area (Å²) in [5.74, 6) is 0.348. The van der Waals surface area contributed by atoms with Crippen molar-refractivity contribution in [3.63, 3.8) is 0 Å². The maximum atomic E-state index is 12.8. The number of H-pyrrole nitrogens is 1. The van der Waals surface area contributed by atoms with Crippen LogP contribution in [0.4, 0.5) is 5.69 Å². The van der Waals surface area contributed by atoms with Crippen molar-refractivity contribution in [2.24, 2.45) is 5.92 Å². The fraction of sp³-hybridized carbons (Fsp3) is 0.375. The van der Waals surface area contributed by atoms with Crippen LogP contribution in [0.2, 0.25) is 0 Å². The van der Waals surface area contributed by atoms with E-state index in [2.05, 4.69) is 22.1 Å². The summed E-state index contributed by atoms with van der Waals surface area (Å²) in [7, 11) is 0. The van der Waals surface area contributed by atoms with Gasteiger partial charge in [0.1, 0.15) is 0 Å². The highest BCUT2D eigenvalue weighted by molar-refractivity contribution is 5.97. The molecule has 0 unspecified atom stereocenters. The molecule has 1 aliphatic heterocycles. The van der Waals surface area contributed by atoms with Gasteiger partial charge in [-0.15, -0.1) is 0 Å². The van der Waals surface area contributed by atoms with E-state index >= 15 is 0 Å². The Morgan fingerprint density at radius 3 is 3.15 bits per heavy atom. The second kappa shape index (κ2) is 4.47. The molecule has 1 amide bonds. The summed E-state index contributed by atoms with van der Waals surface area (Å²) in [6, 6.07) is 8.23. The Balaban J connectivity index is 1.58. The average Bonchev–Trinajstić information content (AvgIpc) is 3.12. The molecular weight excluding hydrogens is 250 g/mol. The number of anilines is 1. The van der Waals surface area contributed by atoms with Gasteiger partial charge in [-0.1, -0.05) is 18.2 Å². The second-order valence-corrected chi connectivity index (χ2v) is 5.64. The van der Waals surface area contributed by atoms with E-state index in [9.17, 15) is 4.79 Å². The first-order valence-corrected chi connectivity index (χ1v) is 7.23. The minimum absolute atomic E-state index is 0.0805. The number of aromatic amines is 1. The Kier molecular flexibility index (Phi) is 2.62. The van der Waals surface area contributed by atoms with E-state index in [1.807, 2.05) is 17.0 Å². The van der Waals surface area contributed by atoms with Gasteiger partial charge < -0.3 is 9.88 Å². The molecule has 1 aromatic carbocycles. The standard InChI is InChI=1S/C16H17N3O/c20-16(12-5-6-13-14(9-12)18-10-17-13)19-8-7-11-3-1-2-4-15(11)19/h1-4,10,12H,5-9H2,(H,17,18)/t12-/m1/s1. The Labute approximate surface area is 117 Å². The molecule has 4 heteroatoms. The van der Waals surface area contributed by atoms with Gasteiger partial charge in [0.2, 0.25) is 5.91 Å². The van der Waals surface area contributed by atoms with Gasteiger partial charge in [0, 0.05) is 30.3 Å². The summed E-state index contributed by atoms with van der Waals surface area (Å²) in [6.45, 7) is 0.822. The summed E-state index contributed by atoms with van der Waals surface area (Å²) >= 11 is 0. The van der Waals surface area contributed by atoms with Crippen molar-refractivity contribution in [3.8, 4) is 0 Å².